The zero-order chi connectivity index (χ0) is 34.7. The van der Waals surface area contributed by atoms with E-state index in [0.29, 0.717) is 31.0 Å². The van der Waals surface area contributed by atoms with E-state index in [1.54, 1.807) is 6.20 Å². The summed E-state index contributed by atoms with van der Waals surface area (Å²) >= 11 is 4.09. The molecule has 0 saturated carbocycles. The van der Waals surface area contributed by atoms with E-state index in [-0.39, 0.29) is 22.9 Å². The molecule has 23 heteroatoms. The van der Waals surface area contributed by atoms with Gasteiger partial charge in [0.15, 0.2) is 36.2 Å². The lowest BCUT2D eigenvalue weighted by Crippen LogP contribution is -2.38. The number of nitrogens with zero attached hydrogens (tertiary/aromatic N) is 7. The topological polar surface area (TPSA) is 260 Å². The number of imidazole rings is 1. The number of hydrogen-bond acceptors (Lipinski definition) is 18. The van der Waals surface area contributed by atoms with Crippen LogP contribution in [0.15, 0.2) is 18.9 Å². The summed E-state index contributed by atoms with van der Waals surface area (Å²) in [5, 5.41) is 18.1. The second-order valence-corrected chi connectivity index (χ2v) is 14.9. The minimum atomic E-state index is -4.36. The van der Waals surface area contributed by atoms with Crippen LogP contribution in [0.1, 0.15) is 24.4 Å². The molecule has 268 valence electrons. The highest BCUT2D eigenvalue weighted by Crippen LogP contribution is 2.57. The molecule has 4 aliphatic heterocycles. The number of ether oxygens (including phenoxy) is 4. The number of thiol groups is 1. The van der Waals surface area contributed by atoms with Crippen molar-refractivity contribution in [2.75, 3.05) is 49.2 Å². The number of halogens is 1. The Balaban J connectivity index is 1.08. The number of carbonyl (C=O) groups is 1. The first-order valence-corrected chi connectivity index (χ1v) is 18.5. The molecule has 9 atom stereocenters. The van der Waals surface area contributed by atoms with Crippen molar-refractivity contribution in [1.29, 1.82) is 0 Å². The Morgan fingerprint density at radius 3 is 2.80 bits per heavy atom. The van der Waals surface area contributed by atoms with Gasteiger partial charge >= 0.3 is 13.0 Å². The number of nitrogen functional groups attached to an aromatic ring is 1. The first-order chi connectivity index (χ1) is 24.1. The Kier molecular flexibility index (Phi) is 8.66. The molecule has 0 aliphatic carbocycles. The first-order valence-electron chi connectivity index (χ1n) is 15.8. The fourth-order valence-electron chi connectivity index (χ4n) is 6.58. The van der Waals surface area contributed by atoms with Crippen molar-refractivity contribution >= 4 is 65.0 Å². The molecular weight excluding hydrogens is 704 g/mol. The molecule has 0 amide bonds. The second-order valence-electron chi connectivity index (χ2n) is 12.0. The van der Waals surface area contributed by atoms with Gasteiger partial charge in [-0.2, -0.15) is 9.97 Å². The fourth-order valence-corrected chi connectivity index (χ4v) is 8.07. The van der Waals surface area contributed by atoms with Gasteiger partial charge in [0.25, 0.3) is 0 Å². The van der Waals surface area contributed by atoms with Crippen LogP contribution in [0.3, 0.4) is 0 Å². The van der Waals surface area contributed by atoms with E-state index in [1.165, 1.54) is 21.8 Å². The number of anilines is 3. The van der Waals surface area contributed by atoms with E-state index in [4.69, 9.17) is 39.5 Å². The average Bonchev–Trinajstić information content (AvgIpc) is 3.80. The number of carbonyl (C=O) groups excluding carboxylic acids is 1. The summed E-state index contributed by atoms with van der Waals surface area (Å²) in [6.07, 6.45) is -6.85. The average molecular weight is 738 g/mol. The SMILES string of the molecule is NCCNc1nc(N)c2ncn([C@@H]3O[C@@H]4COP(=O)(S)O[C@H]5[C@@H](F)[C@H](n6cc7c8c(ncnc86)NCCC7)O[C@@H]5COC(=O)O[C@@H]3[C@@H]4O)c2n1. The number of aliphatic hydroxyl groups excluding tert-OH is 1. The summed E-state index contributed by atoms with van der Waals surface area (Å²) in [6.45, 7) is -4.14. The van der Waals surface area contributed by atoms with Crippen molar-refractivity contribution in [1.82, 2.24) is 34.1 Å². The highest BCUT2D eigenvalue weighted by atomic mass is 32.7. The lowest BCUT2D eigenvalue weighted by Gasteiger charge is -2.24. The number of alkyl halides is 1. The number of aromatic nitrogens is 7. The summed E-state index contributed by atoms with van der Waals surface area (Å²) in [5.41, 5.74) is 13.4. The number of aryl methyl sites for hydroxylation is 1. The smallest absolute Gasteiger partial charge is 0.431 e. The Morgan fingerprint density at radius 2 is 1.96 bits per heavy atom. The van der Waals surface area contributed by atoms with Gasteiger partial charge in [-0.15, -0.1) is 0 Å². The molecule has 4 aliphatic rings. The van der Waals surface area contributed by atoms with Crippen LogP contribution >= 0.6 is 19.0 Å². The Labute approximate surface area is 287 Å². The van der Waals surface area contributed by atoms with E-state index in [9.17, 15) is 14.5 Å². The molecule has 0 radical (unpaired) electrons. The molecule has 3 fully saturated rings. The fraction of sp³-hybridized carbons (Fsp3) is 0.556. The van der Waals surface area contributed by atoms with E-state index < -0.39 is 75.3 Å². The number of nitrogens with one attached hydrogen (secondary N) is 2. The lowest BCUT2D eigenvalue weighted by molar-refractivity contribution is -0.0831. The lowest BCUT2D eigenvalue weighted by atomic mass is 10.1. The quantitative estimate of drug-likeness (QED) is 0.0950. The molecule has 8 heterocycles. The molecule has 0 spiro atoms. The largest absolute Gasteiger partial charge is 0.508 e. The summed E-state index contributed by atoms with van der Waals surface area (Å²) in [4.78, 5) is 34.7. The second kappa shape index (κ2) is 13.0. The van der Waals surface area contributed by atoms with Gasteiger partial charge in [-0.3, -0.25) is 13.6 Å². The predicted molar refractivity (Wildman–Crippen MR) is 174 cm³/mol. The van der Waals surface area contributed by atoms with Crippen LogP contribution in [0.5, 0.6) is 0 Å². The van der Waals surface area contributed by atoms with Crippen molar-refractivity contribution in [2.45, 2.75) is 62.0 Å². The van der Waals surface area contributed by atoms with Gasteiger partial charge in [0.2, 0.25) is 5.95 Å². The molecule has 20 nitrogen and oxygen atoms in total. The highest BCUT2D eigenvalue weighted by Gasteiger charge is 2.53. The van der Waals surface area contributed by atoms with E-state index in [1.807, 2.05) is 0 Å². The van der Waals surface area contributed by atoms with Crippen LogP contribution in [0.25, 0.3) is 22.2 Å². The molecular formula is C27H33FN11O9PS. The molecule has 8 rings (SSSR count). The van der Waals surface area contributed by atoms with Gasteiger partial charge in [0, 0.05) is 25.8 Å². The molecule has 2 bridgehead atoms. The number of rotatable bonds is 5. The van der Waals surface area contributed by atoms with Crippen molar-refractivity contribution < 1.29 is 46.9 Å². The number of nitrogens with two attached hydrogens (primary N) is 2. The minimum Gasteiger partial charge on any atom is -0.431 e. The number of cyclic esters (lactones) is 1. The summed E-state index contributed by atoms with van der Waals surface area (Å²) in [6, 6.07) is 0. The maximum Gasteiger partial charge on any atom is 0.508 e. The summed E-state index contributed by atoms with van der Waals surface area (Å²) in [5.74, 6) is 0.820. The zero-order valence-corrected chi connectivity index (χ0v) is 27.9. The third-order valence-electron chi connectivity index (χ3n) is 8.86. The standard InChI is InChI=1S/C27H33FN11O9PS/c28-15-18-13(46-24(15)38-6-11-2-1-4-31-21-14(11)22(38)34-9-33-21)7-43-27(41)47-19-17(40)12(8-44-49(42,50)48-18)45-25(19)39-10-35-16-20(30)36-26(32-5-3-29)37-23(16)39/h6,9-10,12-13,15,17-19,24-25,40H,1-5,7-8,29H2,(H,42,50)(H,31,33,34)(H3,30,32,36,37)/t12-,13-,15-,17-,18-,19-,24-,25-,49?/m1/s1. The van der Waals surface area contributed by atoms with Gasteiger partial charge < -0.3 is 50.7 Å². The van der Waals surface area contributed by atoms with E-state index in [2.05, 4.69) is 47.8 Å². The van der Waals surface area contributed by atoms with Crippen LogP contribution in [0, 0.1) is 0 Å². The molecule has 4 aromatic heterocycles. The van der Waals surface area contributed by atoms with Gasteiger partial charge in [-0.05, 0) is 18.4 Å². The third kappa shape index (κ3) is 5.88. The van der Waals surface area contributed by atoms with Crippen molar-refractivity contribution in [2.24, 2.45) is 5.73 Å². The van der Waals surface area contributed by atoms with Crippen LogP contribution in [0.4, 0.5) is 26.8 Å². The molecule has 0 aromatic carbocycles. The number of aliphatic hydroxyl groups is 1. The van der Waals surface area contributed by atoms with E-state index in [0.717, 1.165) is 23.9 Å². The Hall–Kier alpha value is -3.89. The van der Waals surface area contributed by atoms with Crippen LogP contribution in [-0.2, 0) is 39.0 Å². The normalized spacial score (nSPS) is 33.0. The zero-order valence-electron chi connectivity index (χ0n) is 26.1. The summed E-state index contributed by atoms with van der Waals surface area (Å²) in [7, 11) is 0. The minimum absolute atomic E-state index is 0.0476. The van der Waals surface area contributed by atoms with Gasteiger partial charge in [0.1, 0.15) is 54.3 Å². The first kappa shape index (κ1) is 33.3. The maximum atomic E-state index is 16.4. The van der Waals surface area contributed by atoms with Crippen molar-refractivity contribution in [3.8, 4) is 0 Å². The van der Waals surface area contributed by atoms with Gasteiger partial charge in [-0.1, -0.05) is 12.2 Å². The summed E-state index contributed by atoms with van der Waals surface area (Å²) < 4.78 is 67.0. The Morgan fingerprint density at radius 1 is 1.12 bits per heavy atom. The van der Waals surface area contributed by atoms with Crippen molar-refractivity contribution in [3.05, 3.63) is 24.4 Å². The maximum absolute atomic E-state index is 16.4. The van der Waals surface area contributed by atoms with Crippen LogP contribution in [0.2, 0.25) is 0 Å². The highest BCUT2D eigenvalue weighted by molar-refractivity contribution is 8.44. The molecule has 50 heavy (non-hydrogen) atoms. The van der Waals surface area contributed by atoms with Crippen LogP contribution < -0.4 is 22.1 Å². The Bertz CT molecular complexity index is 1990. The van der Waals surface area contributed by atoms with Gasteiger partial charge in [0.05, 0.1) is 18.3 Å². The van der Waals surface area contributed by atoms with E-state index >= 15 is 4.39 Å². The molecule has 3 saturated heterocycles. The molecule has 4 aromatic rings. The van der Waals surface area contributed by atoms with Crippen molar-refractivity contribution in [3.63, 3.8) is 0 Å². The van der Waals surface area contributed by atoms with Crippen LogP contribution in [-0.4, -0.2) is 115 Å². The van der Waals surface area contributed by atoms with Gasteiger partial charge in [-0.25, -0.2) is 28.7 Å². The predicted octanol–water partition coefficient (Wildman–Crippen LogP) is 1.05. The number of hydrogen-bond donors (Lipinski definition) is 6. The third-order valence-corrected chi connectivity index (χ3v) is 10.5. The monoisotopic (exact) mass is 737 g/mol. The molecule has 1 unspecified atom stereocenters. The molecule has 7 N–H and O–H groups in total. The number of fused-ring (bicyclic) bond motifs is 4.